The van der Waals surface area contributed by atoms with Crippen molar-refractivity contribution in [2.75, 3.05) is 6.54 Å². The van der Waals surface area contributed by atoms with Crippen molar-refractivity contribution in [1.82, 2.24) is 10.6 Å². The van der Waals surface area contributed by atoms with Crippen molar-refractivity contribution in [1.29, 1.82) is 0 Å². The Balaban J connectivity index is 2.31. The van der Waals surface area contributed by atoms with Crippen LogP contribution in [-0.2, 0) is 4.79 Å². The number of unbranched alkanes of at least 4 members (excludes halogenated alkanes) is 1. The molecule has 1 aliphatic heterocycles. The minimum Gasteiger partial charge on any atom is -0.362 e. The molecule has 1 amide bonds. The summed E-state index contributed by atoms with van der Waals surface area (Å²) in [6, 6.07) is 0. The Hall–Kier alpha value is -1.51. The Bertz CT molecular complexity index is 277. The predicted octanol–water partition coefficient (Wildman–Crippen LogP) is 1.46. The number of nitrogens with one attached hydrogen (secondary N) is 2. The first-order chi connectivity index (χ1) is 6.83. The second kappa shape index (κ2) is 6.02. The summed E-state index contributed by atoms with van der Waals surface area (Å²) in [6.07, 6.45) is 11.1. The predicted molar refractivity (Wildman–Crippen MR) is 57.4 cm³/mol. The van der Waals surface area contributed by atoms with Crippen LogP contribution in [0.1, 0.15) is 19.8 Å². The van der Waals surface area contributed by atoms with Crippen molar-refractivity contribution in [2.24, 2.45) is 0 Å². The number of dihydropyridines is 1. The van der Waals surface area contributed by atoms with Gasteiger partial charge < -0.3 is 10.6 Å². The molecule has 3 nitrogen and oxygen atoms in total. The molecule has 3 heteroatoms. The minimum absolute atomic E-state index is 0.0408. The lowest BCUT2D eigenvalue weighted by Gasteiger charge is -2.05. The van der Waals surface area contributed by atoms with Crippen LogP contribution in [0.5, 0.6) is 0 Å². The maximum Gasteiger partial charge on any atom is 0.246 e. The molecule has 0 bridgehead atoms. The van der Waals surface area contributed by atoms with Crippen molar-refractivity contribution >= 4 is 5.91 Å². The molecule has 0 aromatic carbocycles. The standard InChI is InChI=1S/C11H16N2O/c1-2-3-7-13-11(14)9-10-6-4-5-8-12-10/h4-6,8-9,12H,2-3,7H2,1H3,(H,13,14)/b10-9-. The van der Waals surface area contributed by atoms with Crippen LogP contribution < -0.4 is 10.6 Å². The summed E-state index contributed by atoms with van der Waals surface area (Å²) < 4.78 is 0. The molecule has 0 radical (unpaired) electrons. The van der Waals surface area contributed by atoms with Crippen molar-refractivity contribution < 1.29 is 4.79 Å². The van der Waals surface area contributed by atoms with E-state index in [-0.39, 0.29) is 5.91 Å². The maximum atomic E-state index is 11.3. The monoisotopic (exact) mass is 192 g/mol. The fraction of sp³-hybridized carbons (Fsp3) is 0.364. The van der Waals surface area contributed by atoms with Crippen LogP contribution in [0.3, 0.4) is 0 Å². The minimum atomic E-state index is -0.0408. The summed E-state index contributed by atoms with van der Waals surface area (Å²) in [5.74, 6) is -0.0408. The molecule has 0 fully saturated rings. The van der Waals surface area contributed by atoms with E-state index in [1.165, 1.54) is 0 Å². The van der Waals surface area contributed by atoms with Crippen LogP contribution in [0, 0.1) is 0 Å². The van der Waals surface area contributed by atoms with E-state index in [1.54, 1.807) is 12.3 Å². The summed E-state index contributed by atoms with van der Waals surface area (Å²) in [4.78, 5) is 11.3. The van der Waals surface area contributed by atoms with Gasteiger partial charge in [-0.25, -0.2) is 0 Å². The van der Waals surface area contributed by atoms with Crippen molar-refractivity contribution in [3.05, 3.63) is 36.2 Å². The van der Waals surface area contributed by atoms with E-state index in [0.29, 0.717) is 0 Å². The van der Waals surface area contributed by atoms with Gasteiger partial charge in [-0.15, -0.1) is 0 Å². The molecular formula is C11H16N2O. The average Bonchev–Trinajstić information content (AvgIpc) is 2.20. The first-order valence-electron chi connectivity index (χ1n) is 4.92. The molecule has 0 aliphatic carbocycles. The van der Waals surface area contributed by atoms with Gasteiger partial charge in [0.05, 0.1) is 0 Å². The molecule has 0 unspecified atom stereocenters. The van der Waals surface area contributed by atoms with Gasteiger partial charge in [-0.3, -0.25) is 4.79 Å². The number of rotatable bonds is 4. The largest absolute Gasteiger partial charge is 0.362 e. The Morgan fingerprint density at radius 3 is 3.07 bits per heavy atom. The zero-order valence-corrected chi connectivity index (χ0v) is 8.42. The quantitative estimate of drug-likeness (QED) is 0.523. The maximum absolute atomic E-state index is 11.3. The van der Waals surface area contributed by atoms with Crippen LogP contribution in [-0.4, -0.2) is 12.5 Å². The molecule has 1 aliphatic rings. The lowest BCUT2D eigenvalue weighted by molar-refractivity contribution is -0.116. The molecule has 76 valence electrons. The fourth-order valence-corrected chi connectivity index (χ4v) is 1.08. The molecule has 1 rings (SSSR count). The topological polar surface area (TPSA) is 41.1 Å². The third-order valence-electron chi connectivity index (χ3n) is 1.85. The van der Waals surface area contributed by atoms with Gasteiger partial charge in [-0.1, -0.05) is 19.4 Å². The molecule has 2 N–H and O–H groups in total. The van der Waals surface area contributed by atoms with Crippen LogP contribution in [0.4, 0.5) is 0 Å². The van der Waals surface area contributed by atoms with E-state index in [2.05, 4.69) is 17.6 Å². The number of amides is 1. The lowest BCUT2D eigenvalue weighted by Crippen LogP contribution is -2.23. The molecule has 0 aromatic rings. The summed E-state index contributed by atoms with van der Waals surface area (Å²) in [7, 11) is 0. The Morgan fingerprint density at radius 1 is 1.57 bits per heavy atom. The molecular weight excluding hydrogens is 176 g/mol. The van der Waals surface area contributed by atoms with Crippen molar-refractivity contribution in [2.45, 2.75) is 19.8 Å². The zero-order valence-electron chi connectivity index (χ0n) is 8.42. The summed E-state index contributed by atoms with van der Waals surface area (Å²) >= 11 is 0. The highest BCUT2D eigenvalue weighted by Gasteiger charge is 1.98. The van der Waals surface area contributed by atoms with Gasteiger partial charge in [0.25, 0.3) is 0 Å². The average molecular weight is 192 g/mol. The molecule has 1 heterocycles. The summed E-state index contributed by atoms with van der Waals surface area (Å²) in [5, 5.41) is 5.79. The molecule has 14 heavy (non-hydrogen) atoms. The third-order valence-corrected chi connectivity index (χ3v) is 1.85. The Morgan fingerprint density at radius 2 is 2.43 bits per heavy atom. The SMILES string of the molecule is CCCCNC(=O)/C=C1/C=CC=CN1. The van der Waals surface area contributed by atoms with Gasteiger partial charge in [-0.05, 0) is 18.6 Å². The van der Waals surface area contributed by atoms with Crippen LogP contribution >= 0.6 is 0 Å². The highest BCUT2D eigenvalue weighted by Crippen LogP contribution is 1.97. The van der Waals surface area contributed by atoms with Gasteiger partial charge in [0.2, 0.25) is 5.91 Å². The van der Waals surface area contributed by atoms with E-state index >= 15 is 0 Å². The van der Waals surface area contributed by atoms with Crippen molar-refractivity contribution in [3.63, 3.8) is 0 Å². The fourth-order valence-electron chi connectivity index (χ4n) is 1.08. The van der Waals surface area contributed by atoms with E-state index in [4.69, 9.17) is 0 Å². The van der Waals surface area contributed by atoms with Gasteiger partial charge in [-0.2, -0.15) is 0 Å². The van der Waals surface area contributed by atoms with E-state index in [1.807, 2.05) is 18.2 Å². The second-order valence-corrected chi connectivity index (χ2v) is 3.11. The third kappa shape index (κ3) is 3.94. The van der Waals surface area contributed by atoms with E-state index in [0.717, 1.165) is 25.1 Å². The van der Waals surface area contributed by atoms with Gasteiger partial charge >= 0.3 is 0 Å². The second-order valence-electron chi connectivity index (χ2n) is 3.11. The Labute approximate surface area is 84.6 Å². The van der Waals surface area contributed by atoms with E-state index in [9.17, 15) is 4.79 Å². The highest BCUT2D eigenvalue weighted by molar-refractivity contribution is 5.88. The number of carbonyl (C=O) groups is 1. The van der Waals surface area contributed by atoms with Crippen molar-refractivity contribution in [3.8, 4) is 0 Å². The number of carbonyl (C=O) groups excluding carboxylic acids is 1. The summed E-state index contributed by atoms with van der Waals surface area (Å²) in [6.45, 7) is 2.85. The van der Waals surface area contributed by atoms with Gasteiger partial charge in [0.15, 0.2) is 0 Å². The molecule has 0 saturated heterocycles. The first-order valence-corrected chi connectivity index (χ1v) is 4.92. The van der Waals surface area contributed by atoms with E-state index < -0.39 is 0 Å². The smallest absolute Gasteiger partial charge is 0.246 e. The van der Waals surface area contributed by atoms with Gasteiger partial charge in [0, 0.05) is 24.5 Å². The molecule has 0 spiro atoms. The molecule has 0 atom stereocenters. The van der Waals surface area contributed by atoms with Crippen LogP contribution in [0.2, 0.25) is 0 Å². The number of hydrogen-bond donors (Lipinski definition) is 2. The lowest BCUT2D eigenvalue weighted by atomic mass is 10.3. The highest BCUT2D eigenvalue weighted by atomic mass is 16.1. The Kier molecular flexibility index (Phi) is 4.55. The van der Waals surface area contributed by atoms with Crippen LogP contribution in [0.25, 0.3) is 0 Å². The number of allylic oxidation sites excluding steroid dienone is 3. The van der Waals surface area contributed by atoms with Crippen LogP contribution in [0.15, 0.2) is 36.2 Å². The zero-order chi connectivity index (χ0) is 10.2. The number of hydrogen-bond acceptors (Lipinski definition) is 2. The molecule has 0 saturated carbocycles. The molecule has 0 aromatic heterocycles. The van der Waals surface area contributed by atoms with Gasteiger partial charge in [0.1, 0.15) is 0 Å². The summed E-state index contributed by atoms with van der Waals surface area (Å²) in [5.41, 5.74) is 0.821. The first kappa shape index (κ1) is 10.6. The normalized spacial score (nSPS) is 16.8.